The van der Waals surface area contributed by atoms with Crippen LogP contribution in [0.1, 0.15) is 42.6 Å². The van der Waals surface area contributed by atoms with Crippen molar-refractivity contribution in [1.29, 1.82) is 0 Å². The third-order valence-electron chi connectivity index (χ3n) is 5.20. The molecule has 3 aromatic rings. The van der Waals surface area contributed by atoms with Crippen LogP contribution in [0.4, 0.5) is 0 Å². The van der Waals surface area contributed by atoms with E-state index in [1.807, 2.05) is 12.1 Å². The Balaban J connectivity index is 1.74. The first-order chi connectivity index (χ1) is 13.0. The highest BCUT2D eigenvalue weighted by Gasteiger charge is 2.29. The first-order valence-electron chi connectivity index (χ1n) is 9.09. The lowest BCUT2D eigenvalue weighted by Gasteiger charge is -2.22. The van der Waals surface area contributed by atoms with Gasteiger partial charge in [-0.15, -0.1) is 0 Å². The van der Waals surface area contributed by atoms with Gasteiger partial charge in [-0.05, 0) is 43.2 Å². The molecule has 0 radical (unpaired) electrons. The minimum Gasteiger partial charge on any atom is -0.364 e. The number of rotatable bonds is 4. The van der Waals surface area contributed by atoms with E-state index in [9.17, 15) is 13.2 Å². The molecule has 1 aromatic carbocycles. The Morgan fingerprint density at radius 1 is 1.07 bits per heavy atom. The van der Waals surface area contributed by atoms with Gasteiger partial charge in [0, 0.05) is 17.1 Å². The molecule has 0 saturated heterocycles. The normalized spacial score (nSPS) is 15.9. The summed E-state index contributed by atoms with van der Waals surface area (Å²) in [5.74, 6) is -0.581. The van der Waals surface area contributed by atoms with E-state index < -0.39 is 15.9 Å². The highest BCUT2D eigenvalue weighted by atomic mass is 32.2. The van der Waals surface area contributed by atoms with Gasteiger partial charge in [0.15, 0.2) is 0 Å². The maximum Gasteiger partial charge on any atom is 0.267 e. The molecule has 0 atom stereocenters. The molecular formula is C20H21N3O3S. The number of carbonyl (C=O) groups is 1. The molecule has 0 spiro atoms. The molecule has 1 saturated carbocycles. The van der Waals surface area contributed by atoms with Crippen molar-refractivity contribution >= 4 is 26.8 Å². The maximum absolute atomic E-state index is 13.0. The van der Waals surface area contributed by atoms with Crippen LogP contribution in [-0.4, -0.2) is 28.5 Å². The highest BCUT2D eigenvalue weighted by molar-refractivity contribution is 7.90. The Labute approximate surface area is 158 Å². The summed E-state index contributed by atoms with van der Waals surface area (Å²) in [6, 6.07) is 12.4. The molecule has 1 aliphatic carbocycles. The van der Waals surface area contributed by atoms with Crippen molar-refractivity contribution in [2.45, 2.75) is 37.4 Å². The summed E-state index contributed by atoms with van der Waals surface area (Å²) in [6.07, 6.45) is 6.13. The van der Waals surface area contributed by atoms with Gasteiger partial charge in [-0.25, -0.2) is 17.4 Å². The zero-order valence-corrected chi connectivity index (χ0v) is 15.7. The van der Waals surface area contributed by atoms with E-state index in [0.717, 1.165) is 43.1 Å². The van der Waals surface area contributed by atoms with Gasteiger partial charge in [0.2, 0.25) is 10.0 Å². The fraction of sp³-hybridized carbons (Fsp3) is 0.300. The number of carbonyl (C=O) groups excluding carboxylic acids is 1. The van der Waals surface area contributed by atoms with Crippen LogP contribution in [0.15, 0.2) is 48.7 Å². The number of hydrogen-bond donors (Lipinski definition) is 1. The molecule has 2 heterocycles. The molecule has 6 nitrogen and oxygen atoms in total. The molecular weight excluding hydrogens is 362 g/mol. The Hall–Kier alpha value is -2.67. The van der Waals surface area contributed by atoms with Gasteiger partial charge in [0.25, 0.3) is 5.91 Å². The van der Waals surface area contributed by atoms with Gasteiger partial charge in [-0.2, -0.15) is 0 Å². The van der Waals surface area contributed by atoms with E-state index in [1.165, 1.54) is 3.97 Å². The average molecular weight is 383 g/mol. The van der Waals surface area contributed by atoms with Crippen LogP contribution in [0.3, 0.4) is 0 Å². The van der Waals surface area contributed by atoms with E-state index in [1.54, 1.807) is 36.5 Å². The molecule has 1 fully saturated rings. The Bertz CT molecular complexity index is 1110. The summed E-state index contributed by atoms with van der Waals surface area (Å²) in [5, 5.41) is 0.508. The number of hydrogen-bond acceptors (Lipinski definition) is 4. The minimum atomic E-state index is -3.40. The molecule has 2 N–H and O–H groups in total. The van der Waals surface area contributed by atoms with E-state index in [4.69, 9.17) is 5.73 Å². The zero-order chi connectivity index (χ0) is 19.0. The number of primary amides is 1. The quantitative estimate of drug-likeness (QED) is 0.748. The van der Waals surface area contributed by atoms with E-state index in [0.29, 0.717) is 11.2 Å². The standard InChI is InChI=1S/C20H21N3O3S/c21-20(24)18-8-4-7-17(22-18)14-9-10-19-15(13-14)11-12-23(19)27(25,26)16-5-2-1-3-6-16/h4,7-13,16H,1-3,5-6H2,(H2,21,24). The van der Waals surface area contributed by atoms with Crippen LogP contribution in [-0.2, 0) is 10.0 Å². The smallest absolute Gasteiger partial charge is 0.267 e. The van der Waals surface area contributed by atoms with Gasteiger partial charge < -0.3 is 5.73 Å². The predicted molar refractivity (Wildman–Crippen MR) is 105 cm³/mol. The van der Waals surface area contributed by atoms with E-state index in [-0.39, 0.29) is 10.9 Å². The number of nitrogens with two attached hydrogens (primary N) is 1. The average Bonchev–Trinajstić information content (AvgIpc) is 3.13. The lowest BCUT2D eigenvalue weighted by Crippen LogP contribution is -2.29. The second kappa shape index (κ2) is 6.81. The van der Waals surface area contributed by atoms with Crippen molar-refractivity contribution in [2.24, 2.45) is 5.73 Å². The van der Waals surface area contributed by atoms with Gasteiger partial charge in [0.1, 0.15) is 5.69 Å². The number of pyridine rings is 1. The van der Waals surface area contributed by atoms with E-state index in [2.05, 4.69) is 4.98 Å². The third-order valence-corrected chi connectivity index (χ3v) is 7.38. The number of benzene rings is 1. The summed E-state index contributed by atoms with van der Waals surface area (Å²) in [4.78, 5) is 15.6. The van der Waals surface area contributed by atoms with Gasteiger partial charge >= 0.3 is 0 Å². The summed E-state index contributed by atoms with van der Waals surface area (Å²) in [6.45, 7) is 0. The summed E-state index contributed by atoms with van der Waals surface area (Å²) in [7, 11) is -3.40. The van der Waals surface area contributed by atoms with Crippen LogP contribution in [0.25, 0.3) is 22.2 Å². The van der Waals surface area contributed by atoms with Crippen molar-refractivity contribution in [3.05, 3.63) is 54.4 Å². The Morgan fingerprint density at radius 2 is 1.85 bits per heavy atom. The number of amides is 1. The number of fused-ring (bicyclic) bond motifs is 1. The van der Waals surface area contributed by atoms with Crippen LogP contribution in [0, 0.1) is 0 Å². The highest BCUT2D eigenvalue weighted by Crippen LogP contribution is 2.30. The minimum absolute atomic E-state index is 0.199. The summed E-state index contributed by atoms with van der Waals surface area (Å²) in [5.41, 5.74) is 7.59. The first-order valence-corrected chi connectivity index (χ1v) is 10.6. The molecule has 7 heteroatoms. The van der Waals surface area contributed by atoms with Crippen molar-refractivity contribution in [3.8, 4) is 11.3 Å². The molecule has 0 aliphatic heterocycles. The van der Waals surface area contributed by atoms with Crippen LogP contribution in [0.2, 0.25) is 0 Å². The van der Waals surface area contributed by atoms with E-state index >= 15 is 0 Å². The predicted octanol–water partition coefficient (Wildman–Crippen LogP) is 3.31. The largest absolute Gasteiger partial charge is 0.364 e. The fourth-order valence-electron chi connectivity index (χ4n) is 3.75. The summed E-state index contributed by atoms with van der Waals surface area (Å²) < 4.78 is 27.5. The molecule has 1 amide bonds. The summed E-state index contributed by atoms with van der Waals surface area (Å²) >= 11 is 0. The van der Waals surface area contributed by atoms with Crippen molar-refractivity contribution in [2.75, 3.05) is 0 Å². The topological polar surface area (TPSA) is 95.0 Å². The lowest BCUT2D eigenvalue weighted by molar-refractivity contribution is 0.0995. The van der Waals surface area contributed by atoms with Crippen molar-refractivity contribution in [3.63, 3.8) is 0 Å². The van der Waals surface area contributed by atoms with Crippen LogP contribution in [0.5, 0.6) is 0 Å². The Kier molecular flexibility index (Phi) is 4.47. The van der Waals surface area contributed by atoms with Crippen molar-refractivity contribution in [1.82, 2.24) is 8.96 Å². The van der Waals surface area contributed by atoms with Gasteiger partial charge in [-0.3, -0.25) is 4.79 Å². The molecule has 0 bridgehead atoms. The van der Waals surface area contributed by atoms with Gasteiger partial charge in [-0.1, -0.05) is 31.4 Å². The number of aromatic nitrogens is 2. The second-order valence-electron chi connectivity index (χ2n) is 6.96. The molecule has 140 valence electrons. The zero-order valence-electron chi connectivity index (χ0n) is 14.8. The molecule has 2 aromatic heterocycles. The molecule has 1 aliphatic rings. The van der Waals surface area contributed by atoms with Crippen LogP contribution >= 0.6 is 0 Å². The first kappa shape index (κ1) is 17.7. The fourth-order valence-corrected chi connectivity index (χ4v) is 5.68. The monoisotopic (exact) mass is 383 g/mol. The van der Waals surface area contributed by atoms with Crippen molar-refractivity contribution < 1.29 is 13.2 Å². The molecule has 27 heavy (non-hydrogen) atoms. The lowest BCUT2D eigenvalue weighted by atomic mass is 10.0. The second-order valence-corrected chi connectivity index (χ2v) is 9.05. The Morgan fingerprint density at radius 3 is 2.59 bits per heavy atom. The third kappa shape index (κ3) is 3.23. The SMILES string of the molecule is NC(=O)c1cccc(-c2ccc3c(ccn3S(=O)(=O)C3CCCCC3)c2)n1. The van der Waals surface area contributed by atoms with Gasteiger partial charge in [0.05, 0.1) is 16.5 Å². The molecule has 4 rings (SSSR count). The van der Waals surface area contributed by atoms with Crippen LogP contribution < -0.4 is 5.73 Å². The maximum atomic E-state index is 13.0. The number of nitrogens with zero attached hydrogens (tertiary/aromatic N) is 2. The molecule has 0 unspecified atom stereocenters.